The molecule has 0 atom stereocenters. The number of hydrogen-bond donors (Lipinski definition) is 0. The molecule has 1 aliphatic heterocycles. The minimum atomic E-state index is 0.966. The molecule has 8 heavy (non-hydrogen) atoms. The third-order valence-corrected chi connectivity index (χ3v) is 1.13. The summed E-state index contributed by atoms with van der Waals surface area (Å²) < 4.78 is 0. The fourth-order valence-corrected chi connectivity index (χ4v) is 0.764. The summed E-state index contributed by atoms with van der Waals surface area (Å²) in [6.07, 6.45) is 0. The molecule has 0 radical (unpaired) electrons. The quantitative estimate of drug-likeness (QED) is 0.446. The molecule has 46 valence electrons. The average Bonchev–Trinajstić information content (AvgIpc) is 1.64. The molecule has 0 aliphatic carbocycles. The van der Waals surface area contributed by atoms with Crippen LogP contribution in [0.3, 0.4) is 0 Å². The van der Waals surface area contributed by atoms with E-state index in [1.165, 1.54) is 0 Å². The smallest absolute Gasteiger partial charge is 0.106 e. The maximum Gasteiger partial charge on any atom is 0.106 e. The third kappa shape index (κ3) is 0.980. The first kappa shape index (κ1) is 5.56. The van der Waals surface area contributed by atoms with Crippen molar-refractivity contribution in [3.8, 4) is 0 Å². The van der Waals surface area contributed by atoms with E-state index in [4.69, 9.17) is 0 Å². The molecule has 0 aromatic rings. The third-order valence-electron chi connectivity index (χ3n) is 1.13. The van der Waals surface area contributed by atoms with Crippen LogP contribution in [0.15, 0.2) is 5.16 Å². The summed E-state index contributed by atoms with van der Waals surface area (Å²) in [5.41, 5.74) is 1.13. The van der Waals surface area contributed by atoms with Crippen LogP contribution in [0.5, 0.6) is 0 Å². The molecule has 1 saturated heterocycles. The van der Waals surface area contributed by atoms with Gasteiger partial charge in [-0.05, 0) is 7.05 Å². The monoisotopic (exact) mass is 114 g/mol. The van der Waals surface area contributed by atoms with E-state index in [1.807, 2.05) is 0 Å². The first-order chi connectivity index (χ1) is 3.83. The number of rotatable bonds is 1. The summed E-state index contributed by atoms with van der Waals surface area (Å²) in [7, 11) is 3.62. The summed E-state index contributed by atoms with van der Waals surface area (Å²) in [5, 5.41) is 3.76. The van der Waals surface area contributed by atoms with Gasteiger partial charge in [-0.3, -0.25) is 4.90 Å². The molecule has 3 nitrogen and oxygen atoms in total. The van der Waals surface area contributed by atoms with Crippen molar-refractivity contribution in [2.24, 2.45) is 5.16 Å². The minimum absolute atomic E-state index is 0.966. The van der Waals surface area contributed by atoms with E-state index in [2.05, 4.69) is 21.9 Å². The molecule has 1 fully saturated rings. The summed E-state index contributed by atoms with van der Waals surface area (Å²) in [6, 6.07) is 0. The van der Waals surface area contributed by atoms with Crippen LogP contribution in [0.1, 0.15) is 0 Å². The van der Waals surface area contributed by atoms with Crippen LogP contribution in [-0.2, 0) is 4.84 Å². The van der Waals surface area contributed by atoms with Crippen molar-refractivity contribution < 1.29 is 4.84 Å². The molecule has 1 heterocycles. The van der Waals surface area contributed by atoms with Crippen molar-refractivity contribution in [1.29, 1.82) is 0 Å². The summed E-state index contributed by atoms with van der Waals surface area (Å²) >= 11 is 0. The Labute approximate surface area is 48.9 Å². The van der Waals surface area contributed by atoms with Gasteiger partial charge in [0.05, 0.1) is 5.71 Å². The zero-order valence-corrected chi connectivity index (χ0v) is 5.22. The van der Waals surface area contributed by atoms with E-state index >= 15 is 0 Å². The van der Waals surface area contributed by atoms with Gasteiger partial charge < -0.3 is 4.84 Å². The van der Waals surface area contributed by atoms with Crippen LogP contribution in [0.4, 0.5) is 0 Å². The molecule has 0 aromatic heterocycles. The van der Waals surface area contributed by atoms with Gasteiger partial charge in [-0.2, -0.15) is 0 Å². The first-order valence-corrected chi connectivity index (χ1v) is 2.60. The number of hydrogen-bond acceptors (Lipinski definition) is 3. The van der Waals surface area contributed by atoms with E-state index in [0.29, 0.717) is 0 Å². The Balaban J connectivity index is 2.23. The number of oxime groups is 1. The van der Waals surface area contributed by atoms with Crippen molar-refractivity contribution in [1.82, 2.24) is 4.90 Å². The van der Waals surface area contributed by atoms with Gasteiger partial charge in [0.15, 0.2) is 0 Å². The van der Waals surface area contributed by atoms with Gasteiger partial charge in [0, 0.05) is 13.1 Å². The number of nitrogens with zero attached hydrogens (tertiary/aromatic N) is 2. The van der Waals surface area contributed by atoms with E-state index in [1.54, 1.807) is 7.11 Å². The van der Waals surface area contributed by atoms with Crippen molar-refractivity contribution in [3.63, 3.8) is 0 Å². The second kappa shape index (κ2) is 2.13. The highest BCUT2D eigenvalue weighted by atomic mass is 16.6. The molecule has 0 aromatic carbocycles. The van der Waals surface area contributed by atoms with Gasteiger partial charge in [0.2, 0.25) is 0 Å². The SMILES string of the molecule is CON=C1CN(C)C1. The van der Waals surface area contributed by atoms with Crippen molar-refractivity contribution in [3.05, 3.63) is 0 Å². The highest BCUT2D eigenvalue weighted by Gasteiger charge is 2.16. The Morgan fingerprint density at radius 2 is 2.25 bits per heavy atom. The highest BCUT2D eigenvalue weighted by Crippen LogP contribution is 1.98. The van der Waals surface area contributed by atoms with Gasteiger partial charge in [-0.1, -0.05) is 5.16 Å². The number of likely N-dealkylation sites (tertiary alicyclic amines) is 1. The fourth-order valence-electron chi connectivity index (χ4n) is 0.764. The standard InChI is InChI=1S/C5H10N2O/c1-7-3-5(4-7)6-8-2/h3-4H2,1-2H3. The fraction of sp³-hybridized carbons (Fsp3) is 0.800. The van der Waals surface area contributed by atoms with Crippen LogP contribution in [0, 0.1) is 0 Å². The topological polar surface area (TPSA) is 24.8 Å². The van der Waals surface area contributed by atoms with E-state index in [-0.39, 0.29) is 0 Å². The lowest BCUT2D eigenvalue weighted by molar-refractivity contribution is 0.203. The van der Waals surface area contributed by atoms with Gasteiger partial charge in [0.1, 0.15) is 7.11 Å². The summed E-state index contributed by atoms with van der Waals surface area (Å²) in [6.45, 7) is 1.93. The van der Waals surface area contributed by atoms with Gasteiger partial charge in [0.25, 0.3) is 0 Å². The molecule has 0 bridgehead atoms. The van der Waals surface area contributed by atoms with Crippen LogP contribution >= 0.6 is 0 Å². The maximum atomic E-state index is 4.56. The summed E-state index contributed by atoms with van der Waals surface area (Å²) in [5.74, 6) is 0. The van der Waals surface area contributed by atoms with E-state index < -0.39 is 0 Å². The van der Waals surface area contributed by atoms with Crippen LogP contribution in [0.2, 0.25) is 0 Å². The molecule has 0 spiro atoms. The Hall–Kier alpha value is -0.570. The molecule has 0 N–H and O–H groups in total. The average molecular weight is 114 g/mol. The zero-order chi connectivity index (χ0) is 5.98. The van der Waals surface area contributed by atoms with Crippen molar-refractivity contribution in [2.75, 3.05) is 27.2 Å². The van der Waals surface area contributed by atoms with Gasteiger partial charge in [-0.25, -0.2) is 0 Å². The van der Waals surface area contributed by atoms with Crippen LogP contribution < -0.4 is 0 Å². The summed E-state index contributed by atoms with van der Waals surface area (Å²) in [4.78, 5) is 6.72. The molecule has 1 rings (SSSR count). The predicted molar refractivity (Wildman–Crippen MR) is 31.9 cm³/mol. The lowest BCUT2D eigenvalue weighted by Crippen LogP contribution is -2.44. The molecular formula is C5H10N2O. The normalized spacial score (nSPS) is 20.0. The van der Waals surface area contributed by atoms with E-state index in [9.17, 15) is 0 Å². The molecule has 0 unspecified atom stereocenters. The van der Waals surface area contributed by atoms with Gasteiger partial charge >= 0.3 is 0 Å². The van der Waals surface area contributed by atoms with E-state index in [0.717, 1.165) is 18.8 Å². The predicted octanol–water partition coefficient (Wildman–Crippen LogP) is -0.0658. The van der Waals surface area contributed by atoms with Crippen molar-refractivity contribution in [2.45, 2.75) is 0 Å². The Morgan fingerprint density at radius 3 is 2.62 bits per heavy atom. The second-order valence-electron chi connectivity index (χ2n) is 2.01. The Kier molecular flexibility index (Phi) is 1.48. The second-order valence-corrected chi connectivity index (χ2v) is 2.01. The van der Waals surface area contributed by atoms with Gasteiger partial charge in [-0.15, -0.1) is 0 Å². The minimum Gasteiger partial charge on any atom is -0.399 e. The van der Waals surface area contributed by atoms with Crippen LogP contribution in [-0.4, -0.2) is 37.9 Å². The molecule has 3 heteroatoms. The lowest BCUT2D eigenvalue weighted by Gasteiger charge is -2.26. The first-order valence-electron chi connectivity index (χ1n) is 2.60. The van der Waals surface area contributed by atoms with Crippen LogP contribution in [0.25, 0.3) is 0 Å². The molecule has 1 aliphatic rings. The Morgan fingerprint density at radius 1 is 1.62 bits per heavy atom. The largest absolute Gasteiger partial charge is 0.399 e. The molecular weight excluding hydrogens is 104 g/mol. The maximum absolute atomic E-state index is 4.56. The Bertz CT molecular complexity index is 103. The highest BCUT2D eigenvalue weighted by molar-refractivity contribution is 5.92. The molecule has 0 amide bonds. The molecule has 0 saturated carbocycles. The lowest BCUT2D eigenvalue weighted by atomic mass is 10.2. The zero-order valence-electron chi connectivity index (χ0n) is 5.22. The van der Waals surface area contributed by atoms with Crippen molar-refractivity contribution >= 4 is 5.71 Å².